The number of amides is 1. The summed E-state index contributed by atoms with van der Waals surface area (Å²) in [5.41, 5.74) is 1.54. The van der Waals surface area contributed by atoms with Crippen LogP contribution in [0.5, 0.6) is 5.75 Å². The molecule has 1 saturated heterocycles. The molecule has 0 radical (unpaired) electrons. The lowest BCUT2D eigenvalue weighted by Gasteiger charge is -2.21. The summed E-state index contributed by atoms with van der Waals surface area (Å²) in [6.45, 7) is 3.52. The van der Waals surface area contributed by atoms with Gasteiger partial charge >= 0.3 is 0 Å². The van der Waals surface area contributed by atoms with E-state index in [0.29, 0.717) is 5.56 Å². The van der Waals surface area contributed by atoms with E-state index >= 15 is 0 Å². The van der Waals surface area contributed by atoms with Crippen LogP contribution >= 0.6 is 11.8 Å². The normalized spacial score (nSPS) is 16.6. The fourth-order valence-corrected chi connectivity index (χ4v) is 2.89. The van der Waals surface area contributed by atoms with Crippen molar-refractivity contribution in [2.24, 2.45) is 0 Å². The Morgan fingerprint density at radius 3 is 2.94 bits per heavy atom. The standard InChI is InChI=1S/C13H17NO2S/c1-10-9-11(15)3-4-12(10)13(16)14-5-2-7-17-8-6-14/h3-4,9,15H,2,5-8H2,1H3. The number of benzene rings is 1. The Morgan fingerprint density at radius 1 is 1.35 bits per heavy atom. The fourth-order valence-electron chi connectivity index (χ4n) is 2.01. The van der Waals surface area contributed by atoms with E-state index in [1.165, 1.54) is 0 Å². The number of aryl methyl sites for hydroxylation is 1. The van der Waals surface area contributed by atoms with E-state index in [9.17, 15) is 9.90 Å². The highest BCUT2D eigenvalue weighted by molar-refractivity contribution is 7.99. The van der Waals surface area contributed by atoms with E-state index in [1.54, 1.807) is 18.2 Å². The molecule has 0 saturated carbocycles. The van der Waals surface area contributed by atoms with Crippen LogP contribution in [0.1, 0.15) is 22.3 Å². The average molecular weight is 251 g/mol. The number of carbonyl (C=O) groups is 1. The van der Waals surface area contributed by atoms with Crippen molar-refractivity contribution in [1.29, 1.82) is 0 Å². The number of nitrogens with zero attached hydrogens (tertiary/aromatic N) is 1. The van der Waals surface area contributed by atoms with E-state index in [2.05, 4.69) is 0 Å². The van der Waals surface area contributed by atoms with Gasteiger partial charge in [-0.2, -0.15) is 11.8 Å². The monoisotopic (exact) mass is 251 g/mol. The van der Waals surface area contributed by atoms with Crippen LogP contribution in [0.2, 0.25) is 0 Å². The Balaban J connectivity index is 2.17. The van der Waals surface area contributed by atoms with Crippen molar-refractivity contribution in [3.05, 3.63) is 29.3 Å². The van der Waals surface area contributed by atoms with Crippen molar-refractivity contribution in [2.75, 3.05) is 24.6 Å². The number of aromatic hydroxyl groups is 1. The maximum absolute atomic E-state index is 12.3. The Morgan fingerprint density at radius 2 is 2.18 bits per heavy atom. The third kappa shape index (κ3) is 2.94. The minimum atomic E-state index is 0.0880. The van der Waals surface area contributed by atoms with Crippen molar-refractivity contribution in [3.8, 4) is 5.75 Å². The topological polar surface area (TPSA) is 40.5 Å². The van der Waals surface area contributed by atoms with Crippen molar-refractivity contribution in [3.63, 3.8) is 0 Å². The molecule has 0 aromatic heterocycles. The number of carbonyl (C=O) groups excluding carboxylic acids is 1. The summed E-state index contributed by atoms with van der Waals surface area (Å²) in [4.78, 5) is 14.2. The van der Waals surface area contributed by atoms with Crippen LogP contribution < -0.4 is 0 Å². The number of thioether (sulfide) groups is 1. The van der Waals surface area contributed by atoms with E-state index in [-0.39, 0.29) is 11.7 Å². The second-order valence-electron chi connectivity index (χ2n) is 4.26. The molecule has 1 aliphatic rings. The molecule has 3 nitrogen and oxygen atoms in total. The lowest BCUT2D eigenvalue weighted by molar-refractivity contribution is 0.0768. The summed E-state index contributed by atoms with van der Waals surface area (Å²) in [6.07, 6.45) is 1.06. The number of hydrogen-bond acceptors (Lipinski definition) is 3. The molecule has 0 spiro atoms. The molecule has 0 bridgehead atoms. The van der Waals surface area contributed by atoms with Crippen molar-refractivity contribution in [1.82, 2.24) is 4.90 Å². The van der Waals surface area contributed by atoms with Gasteiger partial charge in [0.25, 0.3) is 5.91 Å². The zero-order valence-corrected chi connectivity index (χ0v) is 10.8. The second kappa shape index (κ2) is 5.45. The van der Waals surface area contributed by atoms with Gasteiger partial charge in [-0.05, 0) is 42.9 Å². The molecule has 1 heterocycles. The van der Waals surface area contributed by atoms with Crippen LogP contribution in [0.3, 0.4) is 0 Å². The zero-order valence-electron chi connectivity index (χ0n) is 9.98. The molecule has 1 N–H and O–H groups in total. The molecule has 1 amide bonds. The number of phenolic OH excluding ortho intramolecular Hbond substituents is 1. The number of rotatable bonds is 1. The van der Waals surface area contributed by atoms with Gasteiger partial charge in [0.05, 0.1) is 0 Å². The van der Waals surface area contributed by atoms with E-state index in [4.69, 9.17) is 0 Å². The SMILES string of the molecule is Cc1cc(O)ccc1C(=O)N1CCCSCC1. The molecular formula is C13H17NO2S. The van der Waals surface area contributed by atoms with E-state index < -0.39 is 0 Å². The minimum Gasteiger partial charge on any atom is -0.508 e. The lowest BCUT2D eigenvalue weighted by atomic mass is 10.1. The summed E-state index contributed by atoms with van der Waals surface area (Å²) in [7, 11) is 0. The zero-order chi connectivity index (χ0) is 12.3. The highest BCUT2D eigenvalue weighted by atomic mass is 32.2. The summed E-state index contributed by atoms with van der Waals surface area (Å²) >= 11 is 1.90. The van der Waals surface area contributed by atoms with Gasteiger partial charge in [0.15, 0.2) is 0 Å². The summed E-state index contributed by atoms with van der Waals surface area (Å²) in [5.74, 6) is 2.46. The van der Waals surface area contributed by atoms with Crippen LogP contribution in [-0.4, -0.2) is 40.5 Å². The predicted molar refractivity (Wildman–Crippen MR) is 70.7 cm³/mol. The molecule has 0 atom stereocenters. The molecule has 1 aromatic rings. The highest BCUT2D eigenvalue weighted by Gasteiger charge is 2.18. The molecule has 1 aromatic carbocycles. The fraction of sp³-hybridized carbons (Fsp3) is 0.462. The van der Waals surface area contributed by atoms with Gasteiger partial charge in [0.2, 0.25) is 0 Å². The third-order valence-electron chi connectivity index (χ3n) is 2.95. The van der Waals surface area contributed by atoms with E-state index in [0.717, 1.165) is 36.6 Å². The Kier molecular flexibility index (Phi) is 3.94. The van der Waals surface area contributed by atoms with Gasteiger partial charge in [0.1, 0.15) is 5.75 Å². The predicted octanol–water partition coefficient (Wildman–Crippen LogP) is 2.28. The van der Waals surface area contributed by atoms with Crippen LogP contribution in [0.25, 0.3) is 0 Å². The van der Waals surface area contributed by atoms with Crippen LogP contribution in [-0.2, 0) is 0 Å². The lowest BCUT2D eigenvalue weighted by Crippen LogP contribution is -2.33. The minimum absolute atomic E-state index is 0.0880. The molecule has 92 valence electrons. The summed E-state index contributed by atoms with van der Waals surface area (Å²) < 4.78 is 0. The van der Waals surface area contributed by atoms with Gasteiger partial charge in [-0.3, -0.25) is 4.79 Å². The number of phenols is 1. The highest BCUT2D eigenvalue weighted by Crippen LogP contribution is 2.19. The molecule has 4 heteroatoms. The third-order valence-corrected chi connectivity index (χ3v) is 4.00. The van der Waals surface area contributed by atoms with Crippen LogP contribution in [0.15, 0.2) is 18.2 Å². The molecule has 0 unspecified atom stereocenters. The molecule has 0 aliphatic carbocycles. The van der Waals surface area contributed by atoms with E-state index in [1.807, 2.05) is 23.6 Å². The first-order chi connectivity index (χ1) is 8.18. The molecule has 1 aliphatic heterocycles. The smallest absolute Gasteiger partial charge is 0.254 e. The van der Waals surface area contributed by atoms with Gasteiger partial charge in [-0.15, -0.1) is 0 Å². The second-order valence-corrected chi connectivity index (χ2v) is 5.48. The Hall–Kier alpha value is -1.16. The van der Waals surface area contributed by atoms with Crippen LogP contribution in [0, 0.1) is 6.92 Å². The molecule has 1 fully saturated rings. The maximum Gasteiger partial charge on any atom is 0.254 e. The van der Waals surface area contributed by atoms with Gasteiger partial charge in [-0.25, -0.2) is 0 Å². The van der Waals surface area contributed by atoms with Gasteiger partial charge in [0, 0.05) is 24.4 Å². The Bertz CT molecular complexity index is 412. The summed E-state index contributed by atoms with van der Waals surface area (Å²) in [6, 6.07) is 4.93. The molecular weight excluding hydrogens is 234 g/mol. The first-order valence-electron chi connectivity index (χ1n) is 5.85. The quantitative estimate of drug-likeness (QED) is 0.832. The van der Waals surface area contributed by atoms with Gasteiger partial charge < -0.3 is 10.0 Å². The molecule has 17 heavy (non-hydrogen) atoms. The largest absolute Gasteiger partial charge is 0.508 e. The Labute approximate surface area is 106 Å². The maximum atomic E-state index is 12.3. The first-order valence-corrected chi connectivity index (χ1v) is 7.00. The molecule has 2 rings (SSSR count). The number of hydrogen-bond donors (Lipinski definition) is 1. The van der Waals surface area contributed by atoms with Crippen molar-refractivity contribution in [2.45, 2.75) is 13.3 Å². The van der Waals surface area contributed by atoms with Crippen LogP contribution in [0.4, 0.5) is 0 Å². The van der Waals surface area contributed by atoms with Gasteiger partial charge in [-0.1, -0.05) is 0 Å². The summed E-state index contributed by atoms with van der Waals surface area (Å²) in [5, 5.41) is 9.35. The first kappa shape index (κ1) is 12.3. The van der Waals surface area contributed by atoms with Crippen molar-refractivity contribution >= 4 is 17.7 Å². The average Bonchev–Trinajstić information content (AvgIpc) is 2.56. The van der Waals surface area contributed by atoms with Crippen molar-refractivity contribution < 1.29 is 9.90 Å².